The Bertz CT molecular complexity index is 622. The standard InChI is InChI=1S/C14H16N4OS/c1-9-11-5-7-20-12(11)4-6-18(9)14(19)10-2-3-13(17-15)16-8-10/h2-3,5,7-9H,4,6,15H2,1H3,(H,16,17). The number of hydrazine groups is 1. The Balaban J connectivity index is 1.84. The molecule has 20 heavy (non-hydrogen) atoms. The van der Waals surface area contributed by atoms with E-state index in [0.717, 1.165) is 13.0 Å². The van der Waals surface area contributed by atoms with Crippen LogP contribution in [-0.4, -0.2) is 22.3 Å². The lowest BCUT2D eigenvalue weighted by atomic mass is 10.0. The van der Waals surface area contributed by atoms with Crippen LogP contribution in [-0.2, 0) is 6.42 Å². The van der Waals surface area contributed by atoms with E-state index in [-0.39, 0.29) is 11.9 Å². The molecule has 1 aliphatic rings. The van der Waals surface area contributed by atoms with E-state index in [1.54, 1.807) is 29.7 Å². The molecule has 104 valence electrons. The summed E-state index contributed by atoms with van der Waals surface area (Å²) in [5.74, 6) is 5.84. The van der Waals surface area contributed by atoms with Crippen molar-refractivity contribution in [2.75, 3.05) is 12.0 Å². The van der Waals surface area contributed by atoms with Crippen molar-refractivity contribution in [2.45, 2.75) is 19.4 Å². The number of rotatable bonds is 2. The van der Waals surface area contributed by atoms with Gasteiger partial charge in [0.25, 0.3) is 5.91 Å². The third-order valence-corrected chi connectivity index (χ3v) is 4.69. The maximum atomic E-state index is 12.6. The van der Waals surface area contributed by atoms with Crippen LogP contribution in [0.25, 0.3) is 0 Å². The number of fused-ring (bicyclic) bond motifs is 1. The van der Waals surface area contributed by atoms with Crippen LogP contribution in [0.1, 0.15) is 33.8 Å². The van der Waals surface area contributed by atoms with Gasteiger partial charge >= 0.3 is 0 Å². The first-order valence-electron chi connectivity index (χ1n) is 6.50. The van der Waals surface area contributed by atoms with E-state index in [1.807, 2.05) is 4.90 Å². The highest BCUT2D eigenvalue weighted by atomic mass is 32.1. The number of nitrogens with two attached hydrogens (primary N) is 1. The van der Waals surface area contributed by atoms with Crippen LogP contribution in [0.3, 0.4) is 0 Å². The molecule has 2 aromatic rings. The first kappa shape index (κ1) is 13.1. The maximum Gasteiger partial charge on any atom is 0.255 e. The number of anilines is 1. The van der Waals surface area contributed by atoms with Crippen molar-refractivity contribution in [3.05, 3.63) is 45.8 Å². The zero-order valence-electron chi connectivity index (χ0n) is 11.2. The second-order valence-corrected chi connectivity index (χ2v) is 5.80. The minimum atomic E-state index is 0.0189. The molecule has 3 rings (SSSR count). The average Bonchev–Trinajstić information content (AvgIpc) is 2.96. The molecule has 0 saturated carbocycles. The normalized spacial score (nSPS) is 17.7. The topological polar surface area (TPSA) is 71.2 Å². The lowest BCUT2D eigenvalue weighted by Gasteiger charge is -2.33. The zero-order chi connectivity index (χ0) is 14.1. The first-order chi connectivity index (χ1) is 9.70. The third-order valence-electron chi connectivity index (χ3n) is 3.70. The Morgan fingerprint density at radius 2 is 2.35 bits per heavy atom. The molecule has 1 amide bonds. The zero-order valence-corrected chi connectivity index (χ0v) is 12.0. The fraction of sp³-hybridized carbons (Fsp3) is 0.286. The second kappa shape index (κ2) is 5.22. The molecule has 1 atom stereocenters. The SMILES string of the molecule is CC1c2ccsc2CCN1C(=O)c1ccc(NN)nc1. The molecule has 0 aliphatic carbocycles. The lowest BCUT2D eigenvalue weighted by Crippen LogP contribution is -2.38. The Morgan fingerprint density at radius 1 is 1.50 bits per heavy atom. The van der Waals surface area contributed by atoms with Crippen molar-refractivity contribution in [1.82, 2.24) is 9.88 Å². The van der Waals surface area contributed by atoms with Gasteiger partial charge in [0.05, 0.1) is 11.6 Å². The molecule has 1 unspecified atom stereocenters. The summed E-state index contributed by atoms with van der Waals surface area (Å²) in [5, 5.41) is 2.10. The highest BCUT2D eigenvalue weighted by molar-refractivity contribution is 7.10. The minimum absolute atomic E-state index is 0.0189. The fourth-order valence-electron chi connectivity index (χ4n) is 2.56. The van der Waals surface area contributed by atoms with Crippen LogP contribution in [0.5, 0.6) is 0 Å². The van der Waals surface area contributed by atoms with Crippen LogP contribution in [0, 0.1) is 0 Å². The Labute approximate surface area is 121 Å². The van der Waals surface area contributed by atoms with E-state index in [1.165, 1.54) is 10.4 Å². The number of nitrogen functional groups attached to an aromatic ring is 1. The minimum Gasteiger partial charge on any atom is -0.331 e. The lowest BCUT2D eigenvalue weighted by molar-refractivity contribution is 0.0679. The summed E-state index contributed by atoms with van der Waals surface area (Å²) in [6.07, 6.45) is 2.49. The summed E-state index contributed by atoms with van der Waals surface area (Å²) in [5.41, 5.74) is 4.31. The van der Waals surface area contributed by atoms with Crippen LogP contribution in [0.15, 0.2) is 29.8 Å². The highest BCUT2D eigenvalue weighted by Gasteiger charge is 2.28. The molecule has 0 saturated heterocycles. The van der Waals surface area contributed by atoms with Crippen molar-refractivity contribution in [3.63, 3.8) is 0 Å². The number of aromatic nitrogens is 1. The summed E-state index contributed by atoms with van der Waals surface area (Å²) in [7, 11) is 0. The van der Waals surface area contributed by atoms with Gasteiger partial charge in [-0.25, -0.2) is 10.8 Å². The van der Waals surface area contributed by atoms with Gasteiger partial charge in [0.1, 0.15) is 5.82 Å². The average molecular weight is 288 g/mol. The molecule has 2 aromatic heterocycles. The molecule has 0 spiro atoms. The molecule has 3 N–H and O–H groups in total. The summed E-state index contributed by atoms with van der Waals surface area (Å²) < 4.78 is 0. The van der Waals surface area contributed by atoms with Crippen LogP contribution in [0.2, 0.25) is 0 Å². The number of thiophene rings is 1. The van der Waals surface area contributed by atoms with Crippen molar-refractivity contribution < 1.29 is 4.79 Å². The summed E-state index contributed by atoms with van der Waals surface area (Å²) in [4.78, 5) is 20.0. The number of pyridine rings is 1. The number of amides is 1. The monoisotopic (exact) mass is 288 g/mol. The van der Waals surface area contributed by atoms with E-state index in [4.69, 9.17) is 5.84 Å². The fourth-order valence-corrected chi connectivity index (χ4v) is 3.52. The van der Waals surface area contributed by atoms with E-state index >= 15 is 0 Å². The summed E-state index contributed by atoms with van der Waals surface area (Å²) in [6.45, 7) is 2.83. The summed E-state index contributed by atoms with van der Waals surface area (Å²) in [6, 6.07) is 5.69. The molecule has 0 fully saturated rings. The molecule has 3 heterocycles. The second-order valence-electron chi connectivity index (χ2n) is 4.80. The van der Waals surface area contributed by atoms with Gasteiger partial charge in [-0.2, -0.15) is 0 Å². The summed E-state index contributed by atoms with van der Waals surface area (Å²) >= 11 is 1.77. The quantitative estimate of drug-likeness (QED) is 0.656. The van der Waals surface area contributed by atoms with Gasteiger partial charge < -0.3 is 10.3 Å². The Hall–Kier alpha value is -1.92. The van der Waals surface area contributed by atoms with Crippen LogP contribution in [0.4, 0.5) is 5.82 Å². The molecule has 0 aromatic carbocycles. The Kier molecular flexibility index (Phi) is 3.42. The van der Waals surface area contributed by atoms with E-state index < -0.39 is 0 Å². The van der Waals surface area contributed by atoms with Gasteiger partial charge in [-0.1, -0.05) is 0 Å². The van der Waals surface area contributed by atoms with Gasteiger partial charge in [-0.15, -0.1) is 11.3 Å². The molecule has 5 nitrogen and oxygen atoms in total. The van der Waals surface area contributed by atoms with Gasteiger partial charge in [0, 0.05) is 17.6 Å². The Morgan fingerprint density at radius 3 is 3.05 bits per heavy atom. The van der Waals surface area contributed by atoms with Crippen LogP contribution >= 0.6 is 11.3 Å². The van der Waals surface area contributed by atoms with E-state index in [2.05, 4.69) is 28.8 Å². The third kappa shape index (κ3) is 2.17. The van der Waals surface area contributed by atoms with Crippen molar-refractivity contribution >= 4 is 23.1 Å². The molecular formula is C14H16N4OS. The first-order valence-corrected chi connectivity index (χ1v) is 7.38. The number of nitrogens with zero attached hydrogens (tertiary/aromatic N) is 2. The molecule has 6 heteroatoms. The molecule has 0 bridgehead atoms. The van der Waals surface area contributed by atoms with Crippen molar-refractivity contribution in [3.8, 4) is 0 Å². The van der Waals surface area contributed by atoms with E-state index in [0.29, 0.717) is 11.4 Å². The predicted molar refractivity (Wildman–Crippen MR) is 79.5 cm³/mol. The molecule has 0 radical (unpaired) electrons. The van der Waals surface area contributed by atoms with Gasteiger partial charge in [0.2, 0.25) is 0 Å². The largest absolute Gasteiger partial charge is 0.331 e. The number of carbonyl (C=O) groups is 1. The van der Waals surface area contributed by atoms with Crippen molar-refractivity contribution in [1.29, 1.82) is 0 Å². The molecule has 1 aliphatic heterocycles. The van der Waals surface area contributed by atoms with Crippen molar-refractivity contribution in [2.24, 2.45) is 5.84 Å². The number of hydrogen-bond donors (Lipinski definition) is 2. The molecular weight excluding hydrogens is 272 g/mol. The smallest absolute Gasteiger partial charge is 0.255 e. The number of nitrogens with one attached hydrogen (secondary N) is 1. The van der Waals surface area contributed by atoms with Gasteiger partial charge in [-0.3, -0.25) is 4.79 Å². The van der Waals surface area contributed by atoms with Crippen LogP contribution < -0.4 is 11.3 Å². The predicted octanol–water partition coefficient (Wildman–Crippen LogP) is 2.19. The maximum absolute atomic E-state index is 12.6. The van der Waals surface area contributed by atoms with E-state index in [9.17, 15) is 4.79 Å². The number of carbonyl (C=O) groups excluding carboxylic acids is 1. The van der Waals surface area contributed by atoms with Gasteiger partial charge in [0.15, 0.2) is 0 Å². The highest BCUT2D eigenvalue weighted by Crippen LogP contribution is 2.33. The number of hydrogen-bond acceptors (Lipinski definition) is 5. The van der Waals surface area contributed by atoms with Gasteiger partial charge in [-0.05, 0) is 42.5 Å².